The molecule has 2 aromatic rings. The van der Waals surface area contributed by atoms with E-state index in [0.717, 1.165) is 35.1 Å². The summed E-state index contributed by atoms with van der Waals surface area (Å²) in [6.07, 6.45) is 2.78. The van der Waals surface area contributed by atoms with Gasteiger partial charge in [-0.15, -0.1) is 0 Å². The molecular weight excluding hydrogens is 326 g/mol. The molecule has 1 unspecified atom stereocenters. The lowest BCUT2D eigenvalue weighted by Crippen LogP contribution is -2.43. The summed E-state index contributed by atoms with van der Waals surface area (Å²) in [5, 5.41) is 5.03. The second-order valence-corrected chi connectivity index (χ2v) is 7.35. The van der Waals surface area contributed by atoms with Crippen molar-refractivity contribution < 1.29 is 14.3 Å². The van der Waals surface area contributed by atoms with E-state index in [-0.39, 0.29) is 5.91 Å². The fourth-order valence-corrected chi connectivity index (χ4v) is 3.14. The highest BCUT2D eigenvalue weighted by Crippen LogP contribution is 2.33. The standard InChI is InChI=1S/C22H31NO3/c1-6-7-14-26-20-13-12-19(17-10-8-9-11-18(17)20)23-21(24)22(4,25-5)15-16(2)3/h8-13,16H,6-7,14-15H2,1-5H3,(H,23,24). The summed E-state index contributed by atoms with van der Waals surface area (Å²) < 4.78 is 11.5. The lowest BCUT2D eigenvalue weighted by molar-refractivity contribution is -0.137. The number of anilines is 1. The topological polar surface area (TPSA) is 47.6 Å². The van der Waals surface area contributed by atoms with Crippen molar-refractivity contribution in [1.29, 1.82) is 0 Å². The molecular formula is C22H31NO3. The van der Waals surface area contributed by atoms with Crippen molar-refractivity contribution in [2.45, 2.75) is 52.6 Å². The van der Waals surface area contributed by atoms with Gasteiger partial charge in [-0.25, -0.2) is 0 Å². The van der Waals surface area contributed by atoms with Gasteiger partial charge in [0.1, 0.15) is 11.4 Å². The molecule has 2 aromatic carbocycles. The van der Waals surface area contributed by atoms with Crippen molar-refractivity contribution in [2.24, 2.45) is 5.92 Å². The molecule has 0 saturated heterocycles. The Labute approximate surface area is 156 Å². The summed E-state index contributed by atoms with van der Waals surface area (Å²) in [6.45, 7) is 8.85. The molecule has 1 N–H and O–H groups in total. The predicted octanol–water partition coefficient (Wildman–Crippen LogP) is 5.41. The van der Waals surface area contributed by atoms with Crippen molar-refractivity contribution in [1.82, 2.24) is 0 Å². The first-order chi connectivity index (χ1) is 12.4. The van der Waals surface area contributed by atoms with Gasteiger partial charge in [0.05, 0.1) is 6.61 Å². The molecule has 0 saturated carbocycles. The minimum absolute atomic E-state index is 0.126. The average Bonchev–Trinajstić information content (AvgIpc) is 2.62. The van der Waals surface area contributed by atoms with E-state index in [0.29, 0.717) is 18.9 Å². The lowest BCUT2D eigenvalue weighted by Gasteiger charge is -2.28. The van der Waals surface area contributed by atoms with Crippen LogP contribution in [0.15, 0.2) is 36.4 Å². The van der Waals surface area contributed by atoms with Crippen LogP contribution in [0.1, 0.15) is 47.0 Å². The van der Waals surface area contributed by atoms with E-state index in [1.165, 1.54) is 0 Å². The second-order valence-electron chi connectivity index (χ2n) is 7.35. The van der Waals surface area contributed by atoms with Gasteiger partial charge in [-0.3, -0.25) is 4.79 Å². The molecule has 0 radical (unpaired) electrons. The van der Waals surface area contributed by atoms with Crippen molar-refractivity contribution in [3.8, 4) is 5.75 Å². The Bertz CT molecular complexity index is 741. The third kappa shape index (κ3) is 4.76. The van der Waals surface area contributed by atoms with Crippen LogP contribution in [-0.2, 0) is 9.53 Å². The molecule has 0 fully saturated rings. The lowest BCUT2D eigenvalue weighted by atomic mass is 9.93. The van der Waals surface area contributed by atoms with Crippen LogP contribution in [0.25, 0.3) is 10.8 Å². The summed E-state index contributed by atoms with van der Waals surface area (Å²) in [4.78, 5) is 12.9. The van der Waals surface area contributed by atoms with Gasteiger partial charge in [-0.2, -0.15) is 0 Å². The first-order valence-corrected chi connectivity index (χ1v) is 9.42. The van der Waals surface area contributed by atoms with Gasteiger partial charge in [0.2, 0.25) is 0 Å². The summed E-state index contributed by atoms with van der Waals surface area (Å²) in [7, 11) is 1.59. The fraction of sp³-hybridized carbons (Fsp3) is 0.500. The van der Waals surface area contributed by atoms with Crippen LogP contribution in [0.5, 0.6) is 5.75 Å². The Morgan fingerprint density at radius 1 is 1.15 bits per heavy atom. The van der Waals surface area contributed by atoms with E-state index in [1.807, 2.05) is 43.3 Å². The maximum absolute atomic E-state index is 12.9. The Kier molecular flexibility index (Phi) is 7.04. The maximum Gasteiger partial charge on any atom is 0.256 e. The molecule has 1 amide bonds. The SMILES string of the molecule is CCCCOc1ccc(NC(=O)C(C)(CC(C)C)OC)c2ccccc12. The molecule has 1 atom stereocenters. The number of hydrogen-bond acceptors (Lipinski definition) is 3. The number of carbonyl (C=O) groups is 1. The van der Waals surface area contributed by atoms with Crippen molar-refractivity contribution in [2.75, 3.05) is 19.0 Å². The van der Waals surface area contributed by atoms with E-state index < -0.39 is 5.60 Å². The number of nitrogens with one attached hydrogen (secondary N) is 1. The highest BCUT2D eigenvalue weighted by atomic mass is 16.5. The Morgan fingerprint density at radius 3 is 2.46 bits per heavy atom. The van der Waals surface area contributed by atoms with E-state index in [4.69, 9.17) is 9.47 Å². The smallest absolute Gasteiger partial charge is 0.256 e. The molecule has 4 heteroatoms. The van der Waals surface area contributed by atoms with Gasteiger partial charge >= 0.3 is 0 Å². The zero-order chi connectivity index (χ0) is 19.2. The number of unbranched alkanes of at least 4 members (excludes halogenated alkanes) is 1. The monoisotopic (exact) mass is 357 g/mol. The number of benzene rings is 2. The van der Waals surface area contributed by atoms with E-state index in [9.17, 15) is 4.79 Å². The summed E-state index contributed by atoms with van der Waals surface area (Å²) in [5.74, 6) is 1.08. The predicted molar refractivity (Wildman–Crippen MR) is 108 cm³/mol. The van der Waals surface area contributed by atoms with E-state index >= 15 is 0 Å². The molecule has 4 nitrogen and oxygen atoms in total. The molecule has 0 aliphatic heterocycles. The van der Waals surface area contributed by atoms with Gasteiger partial charge in [-0.1, -0.05) is 51.5 Å². The molecule has 0 bridgehead atoms. The van der Waals surface area contributed by atoms with E-state index in [1.54, 1.807) is 7.11 Å². The quantitative estimate of drug-likeness (QED) is 0.611. The zero-order valence-electron chi connectivity index (χ0n) is 16.6. The fourth-order valence-electron chi connectivity index (χ4n) is 3.14. The van der Waals surface area contributed by atoms with Crippen molar-refractivity contribution in [3.05, 3.63) is 36.4 Å². The highest BCUT2D eigenvalue weighted by molar-refractivity contribution is 6.06. The molecule has 142 valence electrons. The number of methoxy groups -OCH3 is 1. The number of rotatable bonds is 9. The molecule has 0 aliphatic carbocycles. The number of fused-ring (bicyclic) bond motifs is 1. The van der Waals surface area contributed by atoms with Gasteiger partial charge in [0.25, 0.3) is 5.91 Å². The maximum atomic E-state index is 12.9. The molecule has 0 heterocycles. The van der Waals surface area contributed by atoms with Crippen molar-refractivity contribution in [3.63, 3.8) is 0 Å². The van der Waals surface area contributed by atoms with Crippen LogP contribution in [0, 0.1) is 5.92 Å². The normalized spacial score (nSPS) is 13.6. The molecule has 0 spiro atoms. The van der Waals surface area contributed by atoms with Gasteiger partial charge in [0, 0.05) is 23.6 Å². The first-order valence-electron chi connectivity index (χ1n) is 9.42. The summed E-state index contributed by atoms with van der Waals surface area (Å²) in [6, 6.07) is 11.8. The third-order valence-corrected chi connectivity index (χ3v) is 4.62. The Hall–Kier alpha value is -2.07. The van der Waals surface area contributed by atoms with Gasteiger partial charge in [-0.05, 0) is 37.8 Å². The number of ether oxygens (including phenoxy) is 2. The first kappa shape index (κ1) is 20.2. The largest absolute Gasteiger partial charge is 0.493 e. The van der Waals surface area contributed by atoms with Crippen LogP contribution < -0.4 is 10.1 Å². The Morgan fingerprint density at radius 2 is 1.85 bits per heavy atom. The number of hydrogen-bond donors (Lipinski definition) is 1. The molecule has 0 aliphatic rings. The minimum Gasteiger partial charge on any atom is -0.493 e. The van der Waals surface area contributed by atoms with Crippen LogP contribution in [0.3, 0.4) is 0 Å². The highest BCUT2D eigenvalue weighted by Gasteiger charge is 2.34. The minimum atomic E-state index is -0.856. The zero-order valence-corrected chi connectivity index (χ0v) is 16.6. The average molecular weight is 357 g/mol. The molecule has 26 heavy (non-hydrogen) atoms. The van der Waals surface area contributed by atoms with Crippen LogP contribution in [0.4, 0.5) is 5.69 Å². The summed E-state index contributed by atoms with van der Waals surface area (Å²) in [5.41, 5.74) is -0.0774. The van der Waals surface area contributed by atoms with Crippen LogP contribution in [-0.4, -0.2) is 25.2 Å². The van der Waals surface area contributed by atoms with Gasteiger partial charge < -0.3 is 14.8 Å². The third-order valence-electron chi connectivity index (χ3n) is 4.62. The van der Waals surface area contributed by atoms with Crippen molar-refractivity contribution >= 4 is 22.4 Å². The van der Waals surface area contributed by atoms with E-state index in [2.05, 4.69) is 26.1 Å². The Balaban J connectivity index is 2.30. The number of carbonyl (C=O) groups excluding carboxylic acids is 1. The number of amides is 1. The van der Waals surface area contributed by atoms with Crippen LogP contribution in [0.2, 0.25) is 0 Å². The molecule has 2 rings (SSSR count). The summed E-state index contributed by atoms with van der Waals surface area (Å²) >= 11 is 0. The molecule has 0 aromatic heterocycles. The van der Waals surface area contributed by atoms with Gasteiger partial charge in [0.15, 0.2) is 0 Å². The van der Waals surface area contributed by atoms with Crippen LogP contribution >= 0.6 is 0 Å². The second kappa shape index (κ2) is 9.04.